The summed E-state index contributed by atoms with van der Waals surface area (Å²) in [5.74, 6) is -0.236. The maximum atomic E-state index is 12.7. The van der Waals surface area contributed by atoms with Crippen LogP contribution in [0.3, 0.4) is 0 Å². The summed E-state index contributed by atoms with van der Waals surface area (Å²) in [6, 6.07) is 6.36. The van der Waals surface area contributed by atoms with Crippen molar-refractivity contribution < 1.29 is 19.8 Å². The summed E-state index contributed by atoms with van der Waals surface area (Å²) < 4.78 is 0. The minimum Gasteiger partial charge on any atom is -0.394 e. The molecule has 132 valence electrons. The average Bonchev–Trinajstić information content (AvgIpc) is 2.74. The molecule has 1 aromatic carbocycles. The first-order chi connectivity index (χ1) is 11.5. The molecule has 0 aliphatic carbocycles. The van der Waals surface area contributed by atoms with E-state index in [2.05, 4.69) is 10.6 Å². The molecule has 3 amide bonds. The van der Waals surface area contributed by atoms with Crippen LogP contribution in [-0.4, -0.2) is 52.3 Å². The van der Waals surface area contributed by atoms with E-state index in [0.717, 1.165) is 12.0 Å². The molecule has 0 unspecified atom stereocenters. The van der Waals surface area contributed by atoms with Crippen molar-refractivity contribution in [1.82, 2.24) is 10.2 Å². The van der Waals surface area contributed by atoms with E-state index in [9.17, 15) is 14.7 Å². The fourth-order valence-electron chi connectivity index (χ4n) is 2.77. The first kappa shape index (κ1) is 18.2. The van der Waals surface area contributed by atoms with E-state index in [-0.39, 0.29) is 18.4 Å². The van der Waals surface area contributed by atoms with E-state index in [1.165, 1.54) is 4.90 Å². The molecule has 1 aromatic rings. The van der Waals surface area contributed by atoms with Gasteiger partial charge >= 0.3 is 6.03 Å². The van der Waals surface area contributed by atoms with Gasteiger partial charge in [0.05, 0.1) is 19.3 Å². The van der Waals surface area contributed by atoms with Crippen molar-refractivity contribution in [2.24, 2.45) is 5.92 Å². The number of hydrogen-bond donors (Lipinski definition) is 4. The Kier molecular flexibility index (Phi) is 6.16. The third-order valence-corrected chi connectivity index (χ3v) is 4.36. The van der Waals surface area contributed by atoms with Crippen LogP contribution in [0, 0.1) is 5.92 Å². The second-order valence-electron chi connectivity index (χ2n) is 6.13. The second kappa shape index (κ2) is 8.12. The Morgan fingerprint density at radius 3 is 2.83 bits per heavy atom. The highest BCUT2D eigenvalue weighted by Crippen LogP contribution is 2.27. The zero-order valence-corrected chi connectivity index (χ0v) is 14.0. The molecule has 3 atom stereocenters. The third-order valence-electron chi connectivity index (χ3n) is 4.36. The number of hydrogen-bond acceptors (Lipinski definition) is 4. The number of anilines is 1. The third kappa shape index (κ3) is 4.04. The predicted octanol–water partition coefficient (Wildman–Crippen LogP) is 0.918. The molecule has 7 nitrogen and oxygen atoms in total. The molecule has 4 N–H and O–H groups in total. The molecule has 1 aliphatic rings. The SMILES string of the molecule is CC[C@H](C)[C@H]1C(=O)Nc2ccccc2CN1C(=O)NC[C@@H](O)CO. The van der Waals surface area contributed by atoms with Gasteiger partial charge in [0.25, 0.3) is 0 Å². The van der Waals surface area contributed by atoms with Gasteiger partial charge < -0.3 is 25.7 Å². The number of nitrogens with one attached hydrogen (secondary N) is 2. The van der Waals surface area contributed by atoms with Gasteiger partial charge in [0.15, 0.2) is 0 Å². The molecule has 0 saturated carbocycles. The predicted molar refractivity (Wildman–Crippen MR) is 90.3 cm³/mol. The molecule has 1 aliphatic heterocycles. The van der Waals surface area contributed by atoms with E-state index >= 15 is 0 Å². The van der Waals surface area contributed by atoms with E-state index in [1.807, 2.05) is 38.1 Å². The van der Waals surface area contributed by atoms with E-state index in [4.69, 9.17) is 5.11 Å². The van der Waals surface area contributed by atoms with Crippen LogP contribution in [0.5, 0.6) is 0 Å². The van der Waals surface area contributed by atoms with Crippen molar-refractivity contribution >= 4 is 17.6 Å². The highest BCUT2D eigenvalue weighted by atomic mass is 16.3. The van der Waals surface area contributed by atoms with Crippen LogP contribution in [0.1, 0.15) is 25.8 Å². The Morgan fingerprint density at radius 1 is 1.46 bits per heavy atom. The summed E-state index contributed by atoms with van der Waals surface area (Å²) in [6.45, 7) is 3.70. The molecular formula is C17H25N3O4. The van der Waals surface area contributed by atoms with Gasteiger partial charge in [-0.1, -0.05) is 38.5 Å². The number of amides is 3. The van der Waals surface area contributed by atoms with Crippen molar-refractivity contribution in [1.29, 1.82) is 0 Å². The zero-order valence-electron chi connectivity index (χ0n) is 14.0. The largest absolute Gasteiger partial charge is 0.394 e. The molecule has 1 heterocycles. The number of urea groups is 1. The maximum Gasteiger partial charge on any atom is 0.318 e. The lowest BCUT2D eigenvalue weighted by Crippen LogP contribution is -2.53. The highest BCUT2D eigenvalue weighted by Gasteiger charge is 2.36. The second-order valence-corrected chi connectivity index (χ2v) is 6.13. The maximum absolute atomic E-state index is 12.7. The van der Waals surface area contributed by atoms with Crippen molar-refractivity contribution in [3.05, 3.63) is 29.8 Å². The van der Waals surface area contributed by atoms with Crippen LogP contribution in [0.15, 0.2) is 24.3 Å². The number of rotatable bonds is 5. The average molecular weight is 335 g/mol. The topological polar surface area (TPSA) is 102 Å². The lowest BCUT2D eigenvalue weighted by molar-refractivity contribution is -0.121. The minimum atomic E-state index is -1.02. The summed E-state index contributed by atoms with van der Waals surface area (Å²) in [7, 11) is 0. The Labute approximate surface area is 141 Å². The van der Waals surface area contributed by atoms with Crippen LogP contribution < -0.4 is 10.6 Å². The smallest absolute Gasteiger partial charge is 0.318 e. The Bertz CT molecular complexity index is 593. The monoisotopic (exact) mass is 335 g/mol. The number of carbonyl (C=O) groups excluding carboxylic acids is 2. The van der Waals surface area contributed by atoms with Crippen LogP contribution in [0.25, 0.3) is 0 Å². The van der Waals surface area contributed by atoms with Gasteiger partial charge in [0.2, 0.25) is 5.91 Å². The first-order valence-corrected chi connectivity index (χ1v) is 8.20. The number of fused-ring (bicyclic) bond motifs is 1. The van der Waals surface area contributed by atoms with E-state index in [1.54, 1.807) is 0 Å². The fourth-order valence-corrected chi connectivity index (χ4v) is 2.77. The molecule has 0 aromatic heterocycles. The summed E-state index contributed by atoms with van der Waals surface area (Å²) >= 11 is 0. The number of aliphatic hydroxyl groups is 2. The van der Waals surface area contributed by atoms with Gasteiger partial charge in [-0.2, -0.15) is 0 Å². The standard InChI is InChI=1S/C17H25N3O4/c1-3-11(2)15-16(23)19-14-7-5-4-6-12(14)9-20(15)17(24)18-8-13(22)10-21/h4-7,11,13,15,21-22H,3,8-10H2,1-2H3,(H,18,24)(H,19,23)/t11-,13+,15-/m0/s1. The molecule has 0 bridgehead atoms. The van der Waals surface area contributed by atoms with Crippen molar-refractivity contribution in [2.45, 2.75) is 39.0 Å². The Balaban J connectivity index is 2.28. The molecule has 7 heteroatoms. The van der Waals surface area contributed by atoms with Gasteiger partial charge in [0, 0.05) is 12.2 Å². The highest BCUT2D eigenvalue weighted by molar-refractivity contribution is 5.98. The van der Waals surface area contributed by atoms with Crippen molar-refractivity contribution in [2.75, 3.05) is 18.5 Å². The first-order valence-electron chi connectivity index (χ1n) is 8.20. The van der Waals surface area contributed by atoms with Gasteiger partial charge in [0.1, 0.15) is 6.04 Å². The Hall–Kier alpha value is -2.12. The molecule has 0 radical (unpaired) electrons. The minimum absolute atomic E-state index is 0.0205. The normalized spacial score (nSPS) is 19.8. The van der Waals surface area contributed by atoms with Crippen molar-refractivity contribution in [3.63, 3.8) is 0 Å². The number of nitrogens with zero attached hydrogens (tertiary/aromatic N) is 1. The summed E-state index contributed by atoms with van der Waals surface area (Å²) in [6.07, 6.45) is -0.276. The van der Waals surface area contributed by atoms with Crippen LogP contribution >= 0.6 is 0 Å². The molecule has 0 saturated heterocycles. The van der Waals surface area contributed by atoms with Gasteiger partial charge in [-0.3, -0.25) is 4.79 Å². The molecule has 24 heavy (non-hydrogen) atoms. The fraction of sp³-hybridized carbons (Fsp3) is 0.529. The van der Waals surface area contributed by atoms with Gasteiger partial charge in [-0.05, 0) is 17.5 Å². The number of carbonyl (C=O) groups is 2. The summed E-state index contributed by atoms with van der Waals surface area (Å²) in [5.41, 5.74) is 1.57. The van der Waals surface area contributed by atoms with Gasteiger partial charge in [-0.15, -0.1) is 0 Å². The lowest BCUT2D eigenvalue weighted by Gasteiger charge is -2.32. The summed E-state index contributed by atoms with van der Waals surface area (Å²) in [5, 5.41) is 23.8. The van der Waals surface area contributed by atoms with Crippen LogP contribution in [-0.2, 0) is 11.3 Å². The van der Waals surface area contributed by atoms with Crippen LogP contribution in [0.2, 0.25) is 0 Å². The molecular weight excluding hydrogens is 310 g/mol. The van der Waals surface area contributed by atoms with Gasteiger partial charge in [-0.25, -0.2) is 4.79 Å². The van der Waals surface area contributed by atoms with E-state index in [0.29, 0.717) is 12.2 Å². The lowest BCUT2D eigenvalue weighted by atomic mass is 9.97. The molecule has 2 rings (SSSR count). The van der Waals surface area contributed by atoms with E-state index < -0.39 is 24.8 Å². The Morgan fingerprint density at radius 2 is 2.17 bits per heavy atom. The number of benzene rings is 1. The van der Waals surface area contributed by atoms with Crippen molar-refractivity contribution in [3.8, 4) is 0 Å². The molecule has 0 fully saturated rings. The zero-order chi connectivity index (χ0) is 17.7. The summed E-state index contributed by atoms with van der Waals surface area (Å²) in [4.78, 5) is 26.8. The quantitative estimate of drug-likeness (QED) is 0.642. The van der Waals surface area contributed by atoms with Crippen LogP contribution in [0.4, 0.5) is 10.5 Å². The molecule has 0 spiro atoms. The number of aliphatic hydroxyl groups excluding tert-OH is 2. The number of para-hydroxylation sites is 1.